The van der Waals surface area contributed by atoms with Crippen LogP contribution in [-0.4, -0.2) is 37.5 Å². The predicted molar refractivity (Wildman–Crippen MR) is 54.9 cm³/mol. The summed E-state index contributed by atoms with van der Waals surface area (Å²) in [7, 11) is 1.71. The fourth-order valence-corrected chi connectivity index (χ4v) is 1.17. The largest absolute Gasteiger partial charge is 0.392 e. The number of aliphatic hydroxyl groups excluding tert-OH is 1. The molecule has 80 valence electrons. The molecule has 3 nitrogen and oxygen atoms in total. The fraction of sp³-hybridized carbons (Fsp3) is 1.00. The summed E-state index contributed by atoms with van der Waals surface area (Å²) in [5.74, 6) is 0. The summed E-state index contributed by atoms with van der Waals surface area (Å²) in [5, 5.41) is 12.7. The number of rotatable bonds is 8. The summed E-state index contributed by atoms with van der Waals surface area (Å²) >= 11 is 0. The highest BCUT2D eigenvalue weighted by atomic mass is 16.5. The first kappa shape index (κ1) is 12.9. The molecule has 13 heavy (non-hydrogen) atoms. The van der Waals surface area contributed by atoms with Gasteiger partial charge in [-0.2, -0.15) is 0 Å². The molecule has 0 aromatic heterocycles. The molecule has 0 fully saturated rings. The van der Waals surface area contributed by atoms with E-state index in [1.54, 1.807) is 7.11 Å². The minimum Gasteiger partial charge on any atom is -0.392 e. The highest BCUT2D eigenvalue weighted by Crippen LogP contribution is 1.96. The third-order valence-electron chi connectivity index (χ3n) is 2.08. The second-order valence-corrected chi connectivity index (χ2v) is 3.53. The van der Waals surface area contributed by atoms with Crippen molar-refractivity contribution in [3.63, 3.8) is 0 Å². The zero-order valence-corrected chi connectivity index (χ0v) is 9.05. The van der Waals surface area contributed by atoms with E-state index in [4.69, 9.17) is 4.74 Å². The minimum absolute atomic E-state index is 0.199. The maximum atomic E-state index is 9.43. The molecule has 0 aliphatic rings. The quantitative estimate of drug-likeness (QED) is 0.602. The summed E-state index contributed by atoms with van der Waals surface area (Å²) in [6.45, 7) is 5.66. The highest BCUT2D eigenvalue weighted by molar-refractivity contribution is 4.64. The molecule has 2 N–H and O–H groups in total. The molecule has 3 heteroatoms. The lowest BCUT2D eigenvalue weighted by Crippen LogP contribution is -2.34. The molecule has 0 amide bonds. The highest BCUT2D eigenvalue weighted by Gasteiger charge is 2.05. The molecule has 0 heterocycles. The summed E-state index contributed by atoms with van der Waals surface area (Å²) in [4.78, 5) is 0. The van der Waals surface area contributed by atoms with Gasteiger partial charge < -0.3 is 15.2 Å². The zero-order valence-electron chi connectivity index (χ0n) is 9.05. The number of ether oxygens (including phenoxy) is 1. The molecule has 2 atom stereocenters. The van der Waals surface area contributed by atoms with Crippen LogP contribution in [0.4, 0.5) is 0 Å². The molecular formula is C10H23NO2. The van der Waals surface area contributed by atoms with E-state index in [2.05, 4.69) is 19.2 Å². The Kier molecular flexibility index (Phi) is 8.40. The van der Waals surface area contributed by atoms with E-state index in [9.17, 15) is 5.11 Å². The number of hydrogen-bond donors (Lipinski definition) is 2. The van der Waals surface area contributed by atoms with Gasteiger partial charge in [0.25, 0.3) is 0 Å². The molecule has 0 aliphatic carbocycles. The molecule has 0 spiro atoms. The topological polar surface area (TPSA) is 41.5 Å². The van der Waals surface area contributed by atoms with Crippen molar-refractivity contribution < 1.29 is 9.84 Å². The van der Waals surface area contributed by atoms with Crippen molar-refractivity contribution in [2.75, 3.05) is 20.3 Å². The molecule has 0 radical (unpaired) electrons. The Morgan fingerprint density at radius 3 is 2.62 bits per heavy atom. The van der Waals surface area contributed by atoms with E-state index in [0.717, 1.165) is 25.9 Å². The third-order valence-corrected chi connectivity index (χ3v) is 2.08. The SMILES string of the molecule is CCCC(O)CNC(C)CCOC. The Morgan fingerprint density at radius 1 is 1.38 bits per heavy atom. The molecule has 0 bridgehead atoms. The van der Waals surface area contributed by atoms with Gasteiger partial charge in [0.15, 0.2) is 0 Å². The zero-order chi connectivity index (χ0) is 10.1. The van der Waals surface area contributed by atoms with Crippen molar-refractivity contribution >= 4 is 0 Å². The molecule has 0 aliphatic heterocycles. The summed E-state index contributed by atoms with van der Waals surface area (Å²) in [5.41, 5.74) is 0. The Balaban J connectivity index is 3.29. The van der Waals surface area contributed by atoms with Crippen LogP contribution in [-0.2, 0) is 4.74 Å². The average molecular weight is 189 g/mol. The first-order valence-electron chi connectivity index (χ1n) is 5.11. The van der Waals surface area contributed by atoms with Crippen molar-refractivity contribution in [2.45, 2.75) is 45.3 Å². The van der Waals surface area contributed by atoms with E-state index in [0.29, 0.717) is 12.6 Å². The molecule has 0 aromatic rings. The summed E-state index contributed by atoms with van der Waals surface area (Å²) < 4.78 is 4.96. The van der Waals surface area contributed by atoms with Crippen molar-refractivity contribution in [3.8, 4) is 0 Å². The average Bonchev–Trinajstić information content (AvgIpc) is 2.12. The van der Waals surface area contributed by atoms with Crippen LogP contribution < -0.4 is 5.32 Å². The van der Waals surface area contributed by atoms with E-state index in [-0.39, 0.29) is 6.10 Å². The second kappa shape index (κ2) is 8.48. The molecule has 0 saturated heterocycles. The lowest BCUT2D eigenvalue weighted by Gasteiger charge is -2.16. The summed E-state index contributed by atoms with van der Waals surface area (Å²) in [6.07, 6.45) is 2.71. The van der Waals surface area contributed by atoms with Crippen LogP contribution in [0.1, 0.15) is 33.1 Å². The van der Waals surface area contributed by atoms with Gasteiger partial charge in [0.2, 0.25) is 0 Å². The normalized spacial score (nSPS) is 15.7. The molecule has 0 rings (SSSR count). The van der Waals surface area contributed by atoms with Gasteiger partial charge in [-0.15, -0.1) is 0 Å². The lowest BCUT2D eigenvalue weighted by molar-refractivity contribution is 0.149. The molecular weight excluding hydrogens is 166 g/mol. The van der Waals surface area contributed by atoms with Crippen molar-refractivity contribution in [3.05, 3.63) is 0 Å². The van der Waals surface area contributed by atoms with Gasteiger partial charge in [-0.05, 0) is 19.8 Å². The monoisotopic (exact) mass is 189 g/mol. The minimum atomic E-state index is -0.199. The fourth-order valence-electron chi connectivity index (χ4n) is 1.17. The van der Waals surface area contributed by atoms with Gasteiger partial charge in [0.1, 0.15) is 0 Å². The number of hydrogen-bond acceptors (Lipinski definition) is 3. The summed E-state index contributed by atoms with van der Waals surface area (Å²) in [6, 6.07) is 0.423. The van der Waals surface area contributed by atoms with E-state index in [1.807, 2.05) is 0 Å². The van der Waals surface area contributed by atoms with Crippen LogP contribution in [0.5, 0.6) is 0 Å². The molecule has 0 aromatic carbocycles. The van der Waals surface area contributed by atoms with Crippen molar-refractivity contribution in [1.82, 2.24) is 5.32 Å². The first-order chi connectivity index (χ1) is 6.20. The Hall–Kier alpha value is -0.120. The maximum Gasteiger partial charge on any atom is 0.0664 e. The Bertz CT molecular complexity index is 109. The van der Waals surface area contributed by atoms with Crippen LogP contribution in [0.15, 0.2) is 0 Å². The van der Waals surface area contributed by atoms with E-state index < -0.39 is 0 Å². The molecule has 0 saturated carbocycles. The van der Waals surface area contributed by atoms with Crippen LogP contribution >= 0.6 is 0 Å². The van der Waals surface area contributed by atoms with Gasteiger partial charge >= 0.3 is 0 Å². The van der Waals surface area contributed by atoms with Gasteiger partial charge in [-0.25, -0.2) is 0 Å². The Morgan fingerprint density at radius 2 is 2.08 bits per heavy atom. The van der Waals surface area contributed by atoms with Crippen molar-refractivity contribution in [1.29, 1.82) is 0 Å². The smallest absolute Gasteiger partial charge is 0.0664 e. The number of nitrogens with one attached hydrogen (secondary N) is 1. The predicted octanol–water partition coefficient (Wildman–Crippen LogP) is 1.16. The Labute approximate surface area is 81.5 Å². The van der Waals surface area contributed by atoms with E-state index in [1.165, 1.54) is 0 Å². The van der Waals surface area contributed by atoms with Crippen LogP contribution in [0.2, 0.25) is 0 Å². The second-order valence-electron chi connectivity index (χ2n) is 3.53. The lowest BCUT2D eigenvalue weighted by atomic mass is 10.2. The molecule has 2 unspecified atom stereocenters. The maximum absolute atomic E-state index is 9.43. The van der Waals surface area contributed by atoms with Gasteiger partial charge in [0.05, 0.1) is 6.10 Å². The number of aliphatic hydroxyl groups is 1. The third kappa shape index (κ3) is 8.22. The standard InChI is InChI=1S/C10H23NO2/c1-4-5-10(12)8-11-9(2)6-7-13-3/h9-12H,4-8H2,1-3H3. The first-order valence-corrected chi connectivity index (χ1v) is 5.11. The van der Waals surface area contributed by atoms with E-state index >= 15 is 0 Å². The van der Waals surface area contributed by atoms with Gasteiger partial charge in [-0.3, -0.25) is 0 Å². The number of methoxy groups -OCH3 is 1. The van der Waals surface area contributed by atoms with Crippen molar-refractivity contribution in [2.24, 2.45) is 0 Å². The van der Waals surface area contributed by atoms with Crippen LogP contribution in [0.3, 0.4) is 0 Å². The van der Waals surface area contributed by atoms with Gasteiger partial charge in [-0.1, -0.05) is 13.3 Å². The van der Waals surface area contributed by atoms with Crippen LogP contribution in [0, 0.1) is 0 Å². The van der Waals surface area contributed by atoms with Crippen LogP contribution in [0.25, 0.3) is 0 Å². The van der Waals surface area contributed by atoms with Gasteiger partial charge in [0, 0.05) is 26.3 Å².